The summed E-state index contributed by atoms with van der Waals surface area (Å²) >= 11 is 0. The molecule has 0 saturated carbocycles. The van der Waals surface area contributed by atoms with Crippen LogP contribution in [0.1, 0.15) is 75.6 Å². The highest BCUT2D eigenvalue weighted by molar-refractivity contribution is 7.48. The third kappa shape index (κ3) is 14.0. The molecule has 2 aromatic rings. The summed E-state index contributed by atoms with van der Waals surface area (Å²) < 4.78 is 47.1. The van der Waals surface area contributed by atoms with Crippen molar-refractivity contribution in [1.29, 1.82) is 0 Å². The first-order valence-electron chi connectivity index (χ1n) is 19.8. The summed E-state index contributed by atoms with van der Waals surface area (Å²) in [4.78, 5) is 56.2. The second kappa shape index (κ2) is 22.7. The van der Waals surface area contributed by atoms with E-state index in [0.717, 1.165) is 16.7 Å². The minimum absolute atomic E-state index is 0.0634. The minimum Gasteiger partial charge on any atom is -0.445 e. The molecule has 326 valence electrons. The summed E-state index contributed by atoms with van der Waals surface area (Å²) in [6.45, 7) is 19.0. The van der Waals surface area contributed by atoms with Crippen LogP contribution in [0.15, 0.2) is 155 Å². The van der Waals surface area contributed by atoms with Crippen molar-refractivity contribution in [3.05, 3.63) is 177 Å². The number of Topliss-reactive ketones (excluding diaryl/α,β-unsaturated/α-hetero) is 1. The molecule has 2 unspecified atom stereocenters. The van der Waals surface area contributed by atoms with Crippen LogP contribution in [0, 0.1) is 12.0 Å². The standard InChI is InChI=1S/C48H52NO12P/c1-32(2)18-15-16-19-33(3)20-17-21-34(4)26-27-38-35(5)41(51)40(30-48(38,6)7)61-62(55,56-29-28-49-8)57-31-39(50)42-43(59-45(52)36-22-11-9-12-23-36)44(47(54)58-42)60-46(53)37-24-13-10-14-25-37/h9-27,39-40,42,50H,28-31H2,1-7H3/t39-,40?,42+,62?/m0/s1. The number of aliphatic hydroxyl groups excluding tert-OH is 1. The van der Waals surface area contributed by atoms with Gasteiger partial charge in [0.05, 0.1) is 17.7 Å². The van der Waals surface area contributed by atoms with Crippen LogP contribution in [0.2, 0.25) is 0 Å². The van der Waals surface area contributed by atoms with Gasteiger partial charge in [0.2, 0.25) is 12.3 Å². The predicted octanol–water partition coefficient (Wildman–Crippen LogP) is 9.49. The highest BCUT2D eigenvalue weighted by Gasteiger charge is 2.47. The molecular formula is C48H52NO12P. The molecule has 0 amide bonds. The van der Waals surface area contributed by atoms with Gasteiger partial charge >= 0.3 is 25.7 Å². The van der Waals surface area contributed by atoms with Crippen molar-refractivity contribution in [2.75, 3.05) is 19.8 Å². The van der Waals surface area contributed by atoms with Gasteiger partial charge < -0.3 is 24.2 Å². The second-order valence-corrected chi connectivity index (χ2v) is 16.9. The molecule has 62 heavy (non-hydrogen) atoms. The number of benzene rings is 2. The van der Waals surface area contributed by atoms with E-state index in [2.05, 4.69) is 4.85 Å². The zero-order chi connectivity index (χ0) is 45.5. The Balaban J connectivity index is 1.53. The van der Waals surface area contributed by atoms with Crippen LogP contribution < -0.4 is 0 Å². The molecule has 4 rings (SSSR count). The molecule has 2 aromatic carbocycles. The third-order valence-electron chi connectivity index (χ3n) is 9.40. The van der Waals surface area contributed by atoms with Gasteiger partial charge in [-0.15, -0.1) is 0 Å². The summed E-state index contributed by atoms with van der Waals surface area (Å²) in [5.41, 5.74) is 3.79. The highest BCUT2D eigenvalue weighted by Crippen LogP contribution is 2.54. The molecule has 1 N–H and O–H groups in total. The quantitative estimate of drug-likeness (QED) is 0.0356. The van der Waals surface area contributed by atoms with E-state index in [4.69, 9.17) is 34.4 Å². The number of aliphatic hydroxyl groups is 1. The van der Waals surface area contributed by atoms with Crippen LogP contribution in [0.4, 0.5) is 0 Å². The van der Waals surface area contributed by atoms with E-state index in [1.807, 2.05) is 96.2 Å². The minimum atomic E-state index is -4.75. The fourth-order valence-electron chi connectivity index (χ4n) is 6.18. The topological polar surface area (TPSA) is 165 Å². The van der Waals surface area contributed by atoms with E-state index in [1.54, 1.807) is 43.3 Å². The molecule has 1 aliphatic carbocycles. The summed E-state index contributed by atoms with van der Waals surface area (Å²) in [6, 6.07) is 15.4. The van der Waals surface area contributed by atoms with Crippen LogP contribution in [0.3, 0.4) is 0 Å². The lowest BCUT2D eigenvalue weighted by molar-refractivity contribution is -0.148. The molecule has 14 heteroatoms. The zero-order valence-corrected chi connectivity index (χ0v) is 36.8. The monoisotopic (exact) mass is 865 g/mol. The smallest absolute Gasteiger partial charge is 0.445 e. The number of carbonyl (C=O) groups excluding carboxylic acids is 4. The lowest BCUT2D eigenvalue weighted by atomic mass is 9.71. The average molecular weight is 866 g/mol. The van der Waals surface area contributed by atoms with Crippen molar-refractivity contribution in [2.24, 2.45) is 5.41 Å². The number of ketones is 1. The Kier molecular flexibility index (Phi) is 17.8. The van der Waals surface area contributed by atoms with Gasteiger partial charge in [-0.05, 0) is 81.9 Å². The predicted molar refractivity (Wildman–Crippen MR) is 233 cm³/mol. The molecule has 2 aliphatic rings. The van der Waals surface area contributed by atoms with Crippen molar-refractivity contribution in [2.45, 2.75) is 73.2 Å². The molecular weight excluding hydrogens is 813 g/mol. The molecule has 0 aromatic heterocycles. The Hall–Kier alpha value is -6.00. The maximum Gasteiger partial charge on any atom is 0.475 e. The lowest BCUT2D eigenvalue weighted by Gasteiger charge is -2.37. The molecule has 0 fully saturated rings. The number of nitrogens with zero attached hydrogens (tertiary/aromatic N) is 1. The Morgan fingerprint density at radius 1 is 0.887 bits per heavy atom. The summed E-state index contributed by atoms with van der Waals surface area (Å²) in [7, 11) is -4.75. The van der Waals surface area contributed by atoms with Gasteiger partial charge in [0.15, 0.2) is 11.9 Å². The van der Waals surface area contributed by atoms with Crippen molar-refractivity contribution in [3.8, 4) is 0 Å². The molecule has 0 radical (unpaired) electrons. The van der Waals surface area contributed by atoms with E-state index in [-0.39, 0.29) is 24.1 Å². The van der Waals surface area contributed by atoms with Gasteiger partial charge in [0, 0.05) is 0 Å². The Morgan fingerprint density at radius 3 is 2.08 bits per heavy atom. The van der Waals surface area contributed by atoms with E-state index in [9.17, 15) is 28.8 Å². The molecule has 0 saturated heterocycles. The average Bonchev–Trinajstić information content (AvgIpc) is 3.54. The number of phosphoric acid groups is 1. The molecule has 1 aliphatic heterocycles. The van der Waals surface area contributed by atoms with Crippen molar-refractivity contribution in [3.63, 3.8) is 0 Å². The summed E-state index contributed by atoms with van der Waals surface area (Å²) in [5, 5.41) is 11.3. The number of phosphoric ester groups is 1. The Bertz CT molecular complexity index is 2320. The van der Waals surface area contributed by atoms with Crippen LogP contribution >= 0.6 is 7.82 Å². The molecule has 13 nitrogen and oxygen atoms in total. The van der Waals surface area contributed by atoms with E-state index >= 15 is 0 Å². The van der Waals surface area contributed by atoms with Gasteiger partial charge in [0.1, 0.15) is 18.8 Å². The Labute approximate surface area is 362 Å². The van der Waals surface area contributed by atoms with Crippen molar-refractivity contribution < 1.29 is 56.6 Å². The largest absolute Gasteiger partial charge is 0.475 e. The lowest BCUT2D eigenvalue weighted by Crippen LogP contribution is -2.38. The molecule has 4 atom stereocenters. The van der Waals surface area contributed by atoms with Crippen molar-refractivity contribution >= 4 is 31.5 Å². The normalized spacial score (nSPS) is 19.7. The van der Waals surface area contributed by atoms with Crippen LogP contribution in [0.25, 0.3) is 4.85 Å². The Morgan fingerprint density at radius 2 is 1.47 bits per heavy atom. The molecule has 0 spiro atoms. The third-order valence-corrected chi connectivity index (χ3v) is 10.9. The molecule has 0 bridgehead atoms. The highest BCUT2D eigenvalue weighted by atomic mass is 31.2. The van der Waals surface area contributed by atoms with E-state index < -0.39 is 80.0 Å². The summed E-state index contributed by atoms with van der Waals surface area (Å²) in [5.74, 6) is -5.10. The SMILES string of the molecule is [C-]#[N+]CCOP(=O)(OC[C@H](O)[C@H]1OC(=O)C(OC(=O)c2ccccc2)=C1OC(=O)c1ccccc1)OC1CC(C)(C)C(C=CC(C)=CC=CC(C)=CC=CC=C(C)C)=C(C)C1=O. The van der Waals surface area contributed by atoms with Crippen LogP contribution in [-0.2, 0) is 41.9 Å². The number of rotatable bonds is 19. The van der Waals surface area contributed by atoms with Gasteiger partial charge in [-0.25, -0.2) is 25.5 Å². The number of allylic oxidation sites excluding steroid dienone is 13. The fraction of sp³-hybridized carbons (Fsp3) is 0.312. The van der Waals surface area contributed by atoms with Crippen molar-refractivity contribution in [1.82, 2.24) is 0 Å². The number of cyclic esters (lactones) is 1. The first-order chi connectivity index (χ1) is 29.4. The number of esters is 3. The van der Waals surface area contributed by atoms with Crippen LogP contribution in [0.5, 0.6) is 0 Å². The number of carbonyl (C=O) groups is 4. The van der Waals surface area contributed by atoms with Gasteiger partial charge in [-0.3, -0.25) is 18.4 Å². The second-order valence-electron chi connectivity index (χ2n) is 15.3. The maximum atomic E-state index is 14.2. The van der Waals surface area contributed by atoms with E-state index in [0.29, 0.717) is 5.57 Å². The number of hydrogen-bond acceptors (Lipinski definition) is 12. The zero-order valence-electron chi connectivity index (χ0n) is 35.9. The maximum absolute atomic E-state index is 14.2. The van der Waals surface area contributed by atoms with Gasteiger partial charge in [-0.2, -0.15) is 0 Å². The first kappa shape index (κ1) is 48.7. The molecule has 1 heterocycles. The van der Waals surface area contributed by atoms with Crippen LogP contribution in [-0.4, -0.2) is 66.9 Å². The first-order valence-corrected chi connectivity index (χ1v) is 21.3. The van der Waals surface area contributed by atoms with Gasteiger partial charge in [-0.1, -0.05) is 122 Å². The number of hydrogen-bond donors (Lipinski definition) is 1. The summed E-state index contributed by atoms with van der Waals surface area (Å²) in [6.07, 6.45) is 12.7. The van der Waals surface area contributed by atoms with Gasteiger partial charge in [0.25, 0.3) is 5.76 Å². The fourth-order valence-corrected chi connectivity index (χ4v) is 7.50. The van der Waals surface area contributed by atoms with E-state index in [1.165, 1.54) is 29.8 Å². The number of ether oxygens (including phenoxy) is 3.